The third kappa shape index (κ3) is 3.68. The van der Waals surface area contributed by atoms with Crippen molar-refractivity contribution in [2.45, 2.75) is 33.1 Å². The van der Waals surface area contributed by atoms with E-state index in [9.17, 15) is 0 Å². The van der Waals surface area contributed by atoms with Crippen LogP contribution in [0.5, 0.6) is 6.01 Å². The van der Waals surface area contributed by atoms with Gasteiger partial charge in [0.05, 0.1) is 6.61 Å². The number of anilines is 1. The molecule has 1 N–H and O–H groups in total. The predicted octanol–water partition coefficient (Wildman–Crippen LogP) is 3.28. The zero-order valence-electron chi connectivity index (χ0n) is 13.3. The van der Waals surface area contributed by atoms with Crippen LogP contribution < -0.4 is 10.1 Å². The van der Waals surface area contributed by atoms with Crippen LogP contribution in [0.1, 0.15) is 33.3 Å². The summed E-state index contributed by atoms with van der Waals surface area (Å²) in [5.41, 5.74) is 2.35. The van der Waals surface area contributed by atoms with Gasteiger partial charge in [0.25, 0.3) is 0 Å². The van der Waals surface area contributed by atoms with Crippen molar-refractivity contribution in [3.8, 4) is 17.4 Å². The molecule has 0 aliphatic carbocycles. The molecule has 0 saturated heterocycles. The van der Waals surface area contributed by atoms with Crippen molar-refractivity contribution in [3.05, 3.63) is 29.8 Å². The Bertz CT molecular complexity index is 603. The van der Waals surface area contributed by atoms with E-state index in [1.165, 1.54) is 5.56 Å². The molecule has 0 spiro atoms. The molecule has 0 unspecified atom stereocenters. The van der Waals surface area contributed by atoms with Gasteiger partial charge in [0.1, 0.15) is 0 Å². The average molecular weight is 286 g/mol. The van der Waals surface area contributed by atoms with E-state index in [0.717, 1.165) is 5.56 Å². The molecule has 0 fully saturated rings. The normalized spacial score (nSPS) is 11.3. The van der Waals surface area contributed by atoms with E-state index in [1.807, 2.05) is 19.1 Å². The molecule has 21 heavy (non-hydrogen) atoms. The molecule has 1 aromatic carbocycles. The highest BCUT2D eigenvalue weighted by Gasteiger charge is 2.14. The Morgan fingerprint density at radius 3 is 2.24 bits per heavy atom. The Labute approximate surface area is 125 Å². The van der Waals surface area contributed by atoms with Gasteiger partial charge in [0.2, 0.25) is 5.95 Å². The maximum atomic E-state index is 5.39. The summed E-state index contributed by atoms with van der Waals surface area (Å²) < 4.78 is 5.39. The molecule has 2 aromatic rings. The quantitative estimate of drug-likeness (QED) is 0.934. The van der Waals surface area contributed by atoms with E-state index in [1.54, 1.807) is 7.05 Å². The number of rotatable bonds is 4. The highest BCUT2D eigenvalue weighted by atomic mass is 16.5. The lowest BCUT2D eigenvalue weighted by Gasteiger charge is -2.19. The van der Waals surface area contributed by atoms with E-state index in [0.29, 0.717) is 24.4 Å². The Morgan fingerprint density at radius 2 is 1.71 bits per heavy atom. The summed E-state index contributed by atoms with van der Waals surface area (Å²) in [5, 5.41) is 2.93. The standard InChI is InChI=1S/C16H22N4O/c1-6-21-15-19-13(18-14(17-5)20-15)11-7-9-12(10-8-11)16(2,3)4/h7-10H,6H2,1-5H3,(H,17,18,19,20). The second kappa shape index (κ2) is 6.08. The molecular formula is C16H22N4O. The summed E-state index contributed by atoms with van der Waals surface area (Å²) in [6.45, 7) is 9.00. The minimum absolute atomic E-state index is 0.129. The van der Waals surface area contributed by atoms with Gasteiger partial charge in [0.15, 0.2) is 5.82 Å². The van der Waals surface area contributed by atoms with Gasteiger partial charge in [-0.25, -0.2) is 0 Å². The number of nitrogens with one attached hydrogen (secondary N) is 1. The largest absolute Gasteiger partial charge is 0.464 e. The molecule has 0 aliphatic rings. The molecule has 0 atom stereocenters. The van der Waals surface area contributed by atoms with Gasteiger partial charge in [-0.3, -0.25) is 0 Å². The zero-order valence-corrected chi connectivity index (χ0v) is 13.3. The van der Waals surface area contributed by atoms with Crippen LogP contribution in [0.4, 0.5) is 5.95 Å². The maximum Gasteiger partial charge on any atom is 0.321 e. The number of ether oxygens (including phenoxy) is 1. The van der Waals surface area contributed by atoms with Crippen molar-refractivity contribution in [1.82, 2.24) is 15.0 Å². The fraction of sp³-hybridized carbons (Fsp3) is 0.438. The summed E-state index contributed by atoms with van der Waals surface area (Å²) in [5.74, 6) is 1.11. The maximum absolute atomic E-state index is 5.39. The molecular weight excluding hydrogens is 264 g/mol. The predicted molar refractivity (Wildman–Crippen MR) is 84.7 cm³/mol. The van der Waals surface area contributed by atoms with Crippen molar-refractivity contribution < 1.29 is 4.74 Å². The summed E-state index contributed by atoms with van der Waals surface area (Å²) in [7, 11) is 1.78. The van der Waals surface area contributed by atoms with Gasteiger partial charge in [-0.15, -0.1) is 0 Å². The van der Waals surface area contributed by atoms with Crippen molar-refractivity contribution in [3.63, 3.8) is 0 Å². The van der Waals surface area contributed by atoms with Crippen LogP contribution in [0, 0.1) is 0 Å². The Morgan fingerprint density at radius 1 is 1.05 bits per heavy atom. The van der Waals surface area contributed by atoms with Crippen LogP contribution in [0.3, 0.4) is 0 Å². The minimum atomic E-state index is 0.129. The Balaban J connectivity index is 2.39. The van der Waals surface area contributed by atoms with Gasteiger partial charge in [-0.2, -0.15) is 15.0 Å². The van der Waals surface area contributed by atoms with Crippen molar-refractivity contribution in [1.29, 1.82) is 0 Å². The van der Waals surface area contributed by atoms with E-state index < -0.39 is 0 Å². The average Bonchev–Trinajstić information content (AvgIpc) is 2.46. The third-order valence-corrected chi connectivity index (χ3v) is 3.12. The first-order chi connectivity index (χ1) is 9.94. The van der Waals surface area contributed by atoms with Crippen LogP contribution >= 0.6 is 0 Å². The van der Waals surface area contributed by atoms with Crippen LogP contribution in [0.2, 0.25) is 0 Å². The van der Waals surface area contributed by atoms with Crippen LogP contribution in [-0.2, 0) is 5.41 Å². The van der Waals surface area contributed by atoms with Gasteiger partial charge in [-0.05, 0) is 17.9 Å². The summed E-state index contributed by atoms with van der Waals surface area (Å²) in [4.78, 5) is 12.9. The van der Waals surface area contributed by atoms with Gasteiger partial charge < -0.3 is 10.1 Å². The minimum Gasteiger partial charge on any atom is -0.464 e. The number of hydrogen-bond acceptors (Lipinski definition) is 5. The lowest BCUT2D eigenvalue weighted by molar-refractivity contribution is 0.312. The van der Waals surface area contributed by atoms with E-state index in [2.05, 4.69) is 53.2 Å². The fourth-order valence-corrected chi connectivity index (χ4v) is 1.91. The molecule has 0 bridgehead atoms. The van der Waals surface area contributed by atoms with Crippen LogP contribution in [-0.4, -0.2) is 28.6 Å². The van der Waals surface area contributed by atoms with Crippen molar-refractivity contribution in [2.24, 2.45) is 0 Å². The molecule has 1 aromatic heterocycles. The zero-order chi connectivity index (χ0) is 15.5. The Kier molecular flexibility index (Phi) is 4.40. The molecule has 0 amide bonds. The molecule has 5 heteroatoms. The van der Waals surface area contributed by atoms with Crippen molar-refractivity contribution >= 4 is 5.95 Å². The number of nitrogens with zero attached hydrogens (tertiary/aromatic N) is 3. The molecule has 1 heterocycles. The highest BCUT2D eigenvalue weighted by molar-refractivity contribution is 5.57. The molecule has 0 radical (unpaired) electrons. The number of benzene rings is 1. The van der Waals surface area contributed by atoms with Crippen LogP contribution in [0.25, 0.3) is 11.4 Å². The Hall–Kier alpha value is -2.17. The summed E-state index contributed by atoms with van der Waals surface area (Å²) >= 11 is 0. The number of hydrogen-bond donors (Lipinski definition) is 1. The molecule has 0 saturated carbocycles. The van der Waals surface area contributed by atoms with Crippen LogP contribution in [0.15, 0.2) is 24.3 Å². The lowest BCUT2D eigenvalue weighted by Crippen LogP contribution is -2.10. The first kappa shape index (κ1) is 15.2. The van der Waals surface area contributed by atoms with Gasteiger partial charge >= 0.3 is 6.01 Å². The van der Waals surface area contributed by atoms with E-state index in [4.69, 9.17) is 4.74 Å². The highest BCUT2D eigenvalue weighted by Crippen LogP contribution is 2.25. The summed E-state index contributed by atoms with van der Waals surface area (Å²) in [6.07, 6.45) is 0. The second-order valence-electron chi connectivity index (χ2n) is 5.78. The lowest BCUT2D eigenvalue weighted by atomic mass is 9.87. The second-order valence-corrected chi connectivity index (χ2v) is 5.78. The fourth-order valence-electron chi connectivity index (χ4n) is 1.91. The van der Waals surface area contributed by atoms with Gasteiger partial charge in [0, 0.05) is 12.6 Å². The van der Waals surface area contributed by atoms with E-state index >= 15 is 0 Å². The molecule has 2 rings (SSSR count). The van der Waals surface area contributed by atoms with Gasteiger partial charge in [-0.1, -0.05) is 45.0 Å². The smallest absolute Gasteiger partial charge is 0.321 e. The first-order valence-corrected chi connectivity index (χ1v) is 7.11. The number of aromatic nitrogens is 3. The topological polar surface area (TPSA) is 59.9 Å². The van der Waals surface area contributed by atoms with E-state index in [-0.39, 0.29) is 5.41 Å². The molecule has 5 nitrogen and oxygen atoms in total. The third-order valence-electron chi connectivity index (χ3n) is 3.12. The SMILES string of the molecule is CCOc1nc(NC)nc(-c2ccc(C(C)(C)C)cc2)n1. The first-order valence-electron chi connectivity index (χ1n) is 7.11. The molecule has 0 aliphatic heterocycles. The monoisotopic (exact) mass is 286 g/mol. The molecule has 112 valence electrons. The summed E-state index contributed by atoms with van der Waals surface area (Å²) in [6, 6.07) is 8.62. The van der Waals surface area contributed by atoms with Crippen molar-refractivity contribution in [2.75, 3.05) is 19.0 Å².